The van der Waals surface area contributed by atoms with Crippen molar-refractivity contribution in [2.75, 3.05) is 4.90 Å². The van der Waals surface area contributed by atoms with Crippen molar-refractivity contribution in [3.05, 3.63) is 234 Å². The summed E-state index contributed by atoms with van der Waals surface area (Å²) in [5, 5.41) is 2.22. The highest BCUT2D eigenvalue weighted by Gasteiger charge is 2.51. The van der Waals surface area contributed by atoms with Crippen LogP contribution in [0.4, 0.5) is 17.1 Å². The van der Waals surface area contributed by atoms with E-state index in [0.717, 1.165) is 61.6 Å². The summed E-state index contributed by atoms with van der Waals surface area (Å²) in [7, 11) is 0. The number of benzene rings is 9. The zero-order valence-corrected chi connectivity index (χ0v) is 33.8. The Morgan fingerprint density at radius 1 is 0.361 bits per heavy atom. The molecule has 1 spiro atoms. The number of para-hydroxylation sites is 2. The molecule has 61 heavy (non-hydrogen) atoms. The molecule has 2 heterocycles. The lowest BCUT2D eigenvalue weighted by Crippen LogP contribution is -2.32. The second-order valence-electron chi connectivity index (χ2n) is 17.2. The molecule has 9 aromatic carbocycles. The summed E-state index contributed by atoms with van der Waals surface area (Å²) in [6.07, 6.45) is 0. The van der Waals surface area contributed by atoms with Crippen molar-refractivity contribution in [2.45, 2.75) is 24.7 Å². The van der Waals surface area contributed by atoms with Gasteiger partial charge in [0.1, 0.15) is 22.7 Å². The van der Waals surface area contributed by atoms with Gasteiger partial charge in [0, 0.05) is 44.4 Å². The molecular formula is C58H39NO2. The zero-order valence-electron chi connectivity index (χ0n) is 33.8. The first-order chi connectivity index (χ1) is 30.0. The van der Waals surface area contributed by atoms with Gasteiger partial charge in [0.05, 0.1) is 5.41 Å². The zero-order chi connectivity index (χ0) is 40.5. The van der Waals surface area contributed by atoms with Gasteiger partial charge in [0.15, 0.2) is 0 Å². The van der Waals surface area contributed by atoms with E-state index < -0.39 is 5.41 Å². The van der Waals surface area contributed by atoms with Crippen molar-refractivity contribution in [1.29, 1.82) is 0 Å². The van der Waals surface area contributed by atoms with Crippen LogP contribution >= 0.6 is 0 Å². The van der Waals surface area contributed by atoms with E-state index in [9.17, 15) is 0 Å². The highest BCUT2D eigenvalue weighted by Crippen LogP contribution is 2.62. The van der Waals surface area contributed by atoms with Crippen LogP contribution in [0.3, 0.4) is 0 Å². The predicted molar refractivity (Wildman–Crippen MR) is 249 cm³/mol. The van der Waals surface area contributed by atoms with Crippen LogP contribution in [0.5, 0.6) is 11.5 Å². The van der Waals surface area contributed by atoms with Gasteiger partial charge in [-0.25, -0.2) is 0 Å². The number of rotatable bonds is 4. The van der Waals surface area contributed by atoms with E-state index in [1.165, 1.54) is 55.6 Å². The Bertz CT molecular complexity index is 3400. The highest BCUT2D eigenvalue weighted by molar-refractivity contribution is 6.06. The van der Waals surface area contributed by atoms with Crippen molar-refractivity contribution < 1.29 is 9.15 Å². The molecule has 0 atom stereocenters. The molecule has 3 aliphatic rings. The van der Waals surface area contributed by atoms with Gasteiger partial charge >= 0.3 is 0 Å². The summed E-state index contributed by atoms with van der Waals surface area (Å²) in [6.45, 7) is 4.69. The minimum atomic E-state index is -0.479. The van der Waals surface area contributed by atoms with Crippen molar-refractivity contribution >= 4 is 39.0 Å². The summed E-state index contributed by atoms with van der Waals surface area (Å²) in [5.41, 5.74) is 19.5. The monoisotopic (exact) mass is 781 g/mol. The largest absolute Gasteiger partial charge is 0.457 e. The molecule has 0 saturated heterocycles. The van der Waals surface area contributed by atoms with Crippen LogP contribution in [0.25, 0.3) is 55.3 Å². The lowest BCUT2D eigenvalue weighted by molar-refractivity contribution is 0.436. The SMILES string of the molecule is CC1(C)c2ccccc2-c2ccc(N(c3ccc(-c4ccc5c(c4)Oc4ccccc4C54c5ccccc5-c5ccccc54)cc3)c3ccc4oc5ccccc5c4c3)cc21. The first-order valence-electron chi connectivity index (χ1n) is 21.2. The molecule has 2 aliphatic carbocycles. The van der Waals surface area contributed by atoms with Crippen molar-refractivity contribution in [2.24, 2.45) is 0 Å². The van der Waals surface area contributed by atoms with E-state index in [1.54, 1.807) is 0 Å². The topological polar surface area (TPSA) is 25.6 Å². The highest BCUT2D eigenvalue weighted by atomic mass is 16.5. The smallest absolute Gasteiger partial charge is 0.135 e. The number of hydrogen-bond donors (Lipinski definition) is 0. The molecule has 0 unspecified atom stereocenters. The molecule has 1 aliphatic heterocycles. The molecule has 3 heteroatoms. The molecule has 10 aromatic rings. The van der Waals surface area contributed by atoms with Gasteiger partial charge < -0.3 is 14.1 Å². The Balaban J connectivity index is 0.943. The summed E-state index contributed by atoms with van der Waals surface area (Å²) in [6, 6.07) is 72.8. The standard InChI is InChI=1S/C58H39NO2/c1-57(2)47-17-7-3-13-41(47)44-30-28-40(35-52(44)57)59(39-29-32-54-46(34-39)45-16-6-11-21-53(45)60-54)38-26-23-36(24-27-38)37-25-31-51-56(33-37)61-55-22-12-10-20-50(55)58(51)48-18-8-4-14-42(48)43-15-5-9-19-49(43)58/h3-35H,1-2H3. The normalized spacial score (nSPS) is 14.5. The molecule has 0 radical (unpaired) electrons. The van der Waals surface area contributed by atoms with Crippen LogP contribution in [-0.2, 0) is 10.8 Å². The van der Waals surface area contributed by atoms with Crippen molar-refractivity contribution in [1.82, 2.24) is 0 Å². The number of furan rings is 1. The average Bonchev–Trinajstić information content (AvgIpc) is 3.90. The van der Waals surface area contributed by atoms with Gasteiger partial charge in [-0.05, 0) is 116 Å². The third kappa shape index (κ3) is 4.69. The fourth-order valence-electron chi connectivity index (χ4n) is 11.0. The van der Waals surface area contributed by atoms with Crippen LogP contribution in [0, 0.1) is 0 Å². The first-order valence-corrected chi connectivity index (χ1v) is 21.2. The number of anilines is 3. The van der Waals surface area contributed by atoms with Gasteiger partial charge in [-0.1, -0.05) is 153 Å². The Morgan fingerprint density at radius 3 is 1.67 bits per heavy atom. The molecular weight excluding hydrogens is 743 g/mol. The lowest BCUT2D eigenvalue weighted by Gasteiger charge is -2.39. The second kappa shape index (κ2) is 12.5. The third-order valence-corrected chi connectivity index (χ3v) is 13.8. The molecule has 0 N–H and O–H groups in total. The van der Waals surface area contributed by atoms with Gasteiger partial charge in [-0.15, -0.1) is 0 Å². The minimum Gasteiger partial charge on any atom is -0.457 e. The van der Waals surface area contributed by atoms with E-state index >= 15 is 0 Å². The molecule has 3 nitrogen and oxygen atoms in total. The summed E-state index contributed by atoms with van der Waals surface area (Å²) >= 11 is 0. The second-order valence-corrected chi connectivity index (χ2v) is 17.2. The van der Waals surface area contributed by atoms with Gasteiger partial charge in [0.25, 0.3) is 0 Å². The van der Waals surface area contributed by atoms with Crippen molar-refractivity contribution in [3.63, 3.8) is 0 Å². The van der Waals surface area contributed by atoms with E-state index in [2.05, 4.69) is 207 Å². The predicted octanol–water partition coefficient (Wildman–Crippen LogP) is 15.5. The molecule has 0 saturated carbocycles. The van der Waals surface area contributed by atoms with E-state index in [-0.39, 0.29) is 5.41 Å². The number of nitrogens with zero attached hydrogens (tertiary/aromatic N) is 1. The molecule has 0 bridgehead atoms. The molecule has 0 fully saturated rings. The van der Waals surface area contributed by atoms with Crippen LogP contribution < -0.4 is 9.64 Å². The molecule has 1 aromatic heterocycles. The molecule has 288 valence electrons. The van der Waals surface area contributed by atoms with E-state index in [1.807, 2.05) is 12.1 Å². The summed E-state index contributed by atoms with van der Waals surface area (Å²) in [5.74, 6) is 1.78. The third-order valence-electron chi connectivity index (χ3n) is 13.8. The maximum absolute atomic E-state index is 6.85. The van der Waals surface area contributed by atoms with Crippen LogP contribution in [0.15, 0.2) is 205 Å². The van der Waals surface area contributed by atoms with Crippen molar-refractivity contribution in [3.8, 4) is 44.9 Å². The summed E-state index contributed by atoms with van der Waals surface area (Å²) in [4.78, 5) is 2.38. The van der Waals surface area contributed by atoms with Gasteiger partial charge in [-0.3, -0.25) is 0 Å². The first kappa shape index (κ1) is 34.3. The minimum absolute atomic E-state index is 0.127. The van der Waals surface area contributed by atoms with Crippen LogP contribution in [0.1, 0.15) is 47.2 Å². The fourth-order valence-corrected chi connectivity index (χ4v) is 11.0. The Labute approximate surface area is 354 Å². The molecule has 13 rings (SSSR count). The maximum atomic E-state index is 6.85. The van der Waals surface area contributed by atoms with E-state index in [0.29, 0.717) is 0 Å². The lowest BCUT2D eigenvalue weighted by atomic mass is 9.66. The van der Waals surface area contributed by atoms with Crippen LogP contribution in [-0.4, -0.2) is 0 Å². The van der Waals surface area contributed by atoms with Gasteiger partial charge in [0.2, 0.25) is 0 Å². The number of fused-ring (bicyclic) bond motifs is 15. The number of hydrogen-bond acceptors (Lipinski definition) is 3. The Morgan fingerprint density at radius 2 is 0.902 bits per heavy atom. The fraction of sp³-hybridized carbons (Fsp3) is 0.0690. The summed E-state index contributed by atoms with van der Waals surface area (Å²) < 4.78 is 13.1. The average molecular weight is 782 g/mol. The van der Waals surface area contributed by atoms with E-state index in [4.69, 9.17) is 9.15 Å². The van der Waals surface area contributed by atoms with Crippen LogP contribution in [0.2, 0.25) is 0 Å². The molecule has 0 amide bonds. The Hall–Kier alpha value is -7.62. The maximum Gasteiger partial charge on any atom is 0.135 e. The number of ether oxygens (including phenoxy) is 1. The van der Waals surface area contributed by atoms with Gasteiger partial charge in [-0.2, -0.15) is 0 Å². The quantitative estimate of drug-likeness (QED) is 0.178. The Kier molecular flexibility index (Phi) is 6.99.